The van der Waals surface area contributed by atoms with Crippen molar-refractivity contribution in [2.45, 2.75) is 111 Å². The molecule has 1 aromatic carbocycles. The zero-order chi connectivity index (χ0) is 24.6. The van der Waals surface area contributed by atoms with Gasteiger partial charge in [0.05, 0.1) is 12.5 Å². The molecule has 192 valence electrons. The predicted molar refractivity (Wildman–Crippen MR) is 132 cm³/mol. The highest BCUT2D eigenvalue weighted by Crippen LogP contribution is 2.56. The van der Waals surface area contributed by atoms with Gasteiger partial charge in [0.25, 0.3) is 0 Å². The van der Waals surface area contributed by atoms with Crippen LogP contribution in [0.15, 0.2) is 12.1 Å². The maximum atomic E-state index is 14.5. The fraction of sp³-hybridized carbons (Fsp3) is 0.759. The van der Waals surface area contributed by atoms with Crippen LogP contribution in [0.1, 0.15) is 111 Å². The average molecular weight is 479 g/mol. The minimum Gasteiger partial charge on any atom is -0.490 e. The maximum Gasteiger partial charge on any atom is 0.314 e. The molecule has 3 nitrogen and oxygen atoms in total. The summed E-state index contributed by atoms with van der Waals surface area (Å²) in [7, 11) is 0. The first kappa shape index (κ1) is 26.9. The van der Waals surface area contributed by atoms with Crippen molar-refractivity contribution in [3.8, 4) is 11.5 Å². The molecule has 0 saturated heterocycles. The standard InChI is InChI=1S/C29H44F2O3/c1-4-10-22(11-5-2)29(18-8-7-9-19-29)23-14-12-21(13-15-23)28(32)34-25-17-16-24(33-20-6-3)26(30)27(25)31/h16-17,21-23H,4-15,18-20H2,1-3H3/t21-,23-. The van der Waals surface area contributed by atoms with Crippen LogP contribution in [0.2, 0.25) is 0 Å². The number of hydrogen-bond acceptors (Lipinski definition) is 3. The van der Waals surface area contributed by atoms with Crippen LogP contribution in [-0.2, 0) is 4.79 Å². The van der Waals surface area contributed by atoms with Gasteiger partial charge in [-0.3, -0.25) is 4.79 Å². The van der Waals surface area contributed by atoms with Crippen molar-refractivity contribution >= 4 is 5.97 Å². The van der Waals surface area contributed by atoms with Gasteiger partial charge in [0.1, 0.15) is 0 Å². The van der Waals surface area contributed by atoms with Gasteiger partial charge in [0.2, 0.25) is 11.6 Å². The molecule has 0 radical (unpaired) electrons. The molecule has 3 rings (SSSR count). The summed E-state index contributed by atoms with van der Waals surface area (Å²) < 4.78 is 39.3. The van der Waals surface area contributed by atoms with E-state index in [0.29, 0.717) is 24.4 Å². The first-order chi connectivity index (χ1) is 16.5. The number of benzene rings is 1. The zero-order valence-electron chi connectivity index (χ0n) is 21.5. The molecular weight excluding hydrogens is 434 g/mol. The SMILES string of the molecule is CCCOc1ccc(OC(=O)[C@H]2CC[C@H](C3(C(CCC)CCC)CCCCC3)CC2)c(F)c1F. The van der Waals surface area contributed by atoms with Crippen molar-refractivity contribution in [1.29, 1.82) is 0 Å². The summed E-state index contributed by atoms with van der Waals surface area (Å²) in [6.07, 6.45) is 16.0. The molecule has 5 heteroatoms. The molecule has 0 N–H and O–H groups in total. The summed E-state index contributed by atoms with van der Waals surface area (Å²) in [5.74, 6) is -1.99. The Hall–Kier alpha value is -1.65. The van der Waals surface area contributed by atoms with Crippen LogP contribution >= 0.6 is 0 Å². The maximum absolute atomic E-state index is 14.5. The highest BCUT2D eigenvalue weighted by atomic mass is 19.2. The van der Waals surface area contributed by atoms with Crippen molar-refractivity contribution in [2.24, 2.45) is 23.2 Å². The Morgan fingerprint density at radius 3 is 2.09 bits per heavy atom. The molecule has 0 unspecified atom stereocenters. The van der Waals surface area contributed by atoms with Crippen LogP contribution in [0.25, 0.3) is 0 Å². The van der Waals surface area contributed by atoms with Gasteiger partial charge in [-0.25, -0.2) is 0 Å². The third-order valence-electron chi connectivity index (χ3n) is 8.43. The van der Waals surface area contributed by atoms with Gasteiger partial charge in [0, 0.05) is 0 Å². The molecular formula is C29H44F2O3. The molecule has 0 aliphatic heterocycles. The van der Waals surface area contributed by atoms with Gasteiger partial charge in [-0.15, -0.1) is 0 Å². The number of carbonyl (C=O) groups excluding carboxylic acids is 1. The van der Waals surface area contributed by atoms with E-state index in [0.717, 1.165) is 31.6 Å². The van der Waals surface area contributed by atoms with E-state index >= 15 is 0 Å². The molecule has 0 spiro atoms. The number of hydrogen-bond donors (Lipinski definition) is 0. The van der Waals surface area contributed by atoms with Gasteiger partial charge >= 0.3 is 5.97 Å². The normalized spacial score (nSPS) is 22.5. The Bertz CT molecular complexity index is 774. The topological polar surface area (TPSA) is 35.5 Å². The van der Waals surface area contributed by atoms with E-state index in [1.807, 2.05) is 6.92 Å². The smallest absolute Gasteiger partial charge is 0.314 e. The molecule has 2 saturated carbocycles. The Kier molecular flexibility index (Phi) is 10.2. The van der Waals surface area contributed by atoms with E-state index in [9.17, 15) is 13.6 Å². The highest BCUT2D eigenvalue weighted by molar-refractivity contribution is 5.75. The first-order valence-corrected chi connectivity index (χ1v) is 13.8. The molecule has 2 aliphatic carbocycles. The second-order valence-electron chi connectivity index (χ2n) is 10.6. The predicted octanol–water partition coefficient (Wildman–Crippen LogP) is 8.63. The average Bonchev–Trinajstić information content (AvgIpc) is 2.86. The number of carbonyl (C=O) groups is 1. The van der Waals surface area contributed by atoms with Crippen LogP contribution in [-0.4, -0.2) is 12.6 Å². The molecule has 0 atom stereocenters. The van der Waals surface area contributed by atoms with E-state index in [-0.39, 0.29) is 17.4 Å². The van der Waals surface area contributed by atoms with Crippen molar-refractivity contribution in [1.82, 2.24) is 0 Å². The number of esters is 1. The van der Waals surface area contributed by atoms with Crippen molar-refractivity contribution < 1.29 is 23.0 Å². The van der Waals surface area contributed by atoms with E-state index in [2.05, 4.69) is 13.8 Å². The van der Waals surface area contributed by atoms with Crippen LogP contribution in [0, 0.1) is 34.8 Å². The van der Waals surface area contributed by atoms with Gasteiger partial charge in [-0.2, -0.15) is 8.78 Å². The third kappa shape index (κ3) is 6.12. The summed E-state index contributed by atoms with van der Waals surface area (Å²) >= 11 is 0. The molecule has 0 bridgehead atoms. The Morgan fingerprint density at radius 2 is 1.50 bits per heavy atom. The minimum absolute atomic E-state index is 0.147. The van der Waals surface area contributed by atoms with E-state index in [4.69, 9.17) is 9.47 Å². The quantitative estimate of drug-likeness (QED) is 0.236. The van der Waals surface area contributed by atoms with Crippen LogP contribution in [0.4, 0.5) is 8.78 Å². The molecule has 1 aromatic rings. The molecule has 0 aromatic heterocycles. The van der Waals surface area contributed by atoms with E-state index in [1.54, 1.807) is 0 Å². The monoisotopic (exact) mass is 478 g/mol. The summed E-state index contributed by atoms with van der Waals surface area (Å²) in [4.78, 5) is 12.8. The fourth-order valence-corrected chi connectivity index (χ4v) is 6.79. The second-order valence-corrected chi connectivity index (χ2v) is 10.6. The van der Waals surface area contributed by atoms with Crippen LogP contribution < -0.4 is 9.47 Å². The van der Waals surface area contributed by atoms with Crippen LogP contribution in [0.5, 0.6) is 11.5 Å². The van der Waals surface area contributed by atoms with Crippen molar-refractivity contribution in [3.05, 3.63) is 23.8 Å². The summed E-state index contributed by atoms with van der Waals surface area (Å²) in [6, 6.07) is 2.63. The first-order valence-electron chi connectivity index (χ1n) is 13.8. The van der Waals surface area contributed by atoms with Crippen LogP contribution in [0.3, 0.4) is 0 Å². The van der Waals surface area contributed by atoms with Crippen molar-refractivity contribution in [2.75, 3.05) is 6.61 Å². The van der Waals surface area contributed by atoms with Gasteiger partial charge in [-0.05, 0) is 74.3 Å². The largest absolute Gasteiger partial charge is 0.490 e. The number of halogens is 2. The lowest BCUT2D eigenvalue weighted by Crippen LogP contribution is -2.42. The molecule has 2 fully saturated rings. The van der Waals surface area contributed by atoms with Gasteiger partial charge in [-0.1, -0.05) is 65.7 Å². The van der Waals surface area contributed by atoms with Gasteiger partial charge < -0.3 is 9.47 Å². The molecule has 0 heterocycles. The lowest BCUT2D eigenvalue weighted by molar-refractivity contribution is -0.141. The van der Waals surface area contributed by atoms with E-state index < -0.39 is 17.6 Å². The Labute approximate surface area is 205 Å². The minimum atomic E-state index is -1.15. The summed E-state index contributed by atoms with van der Waals surface area (Å²) in [6.45, 7) is 6.80. The van der Waals surface area contributed by atoms with E-state index in [1.165, 1.54) is 69.9 Å². The fourth-order valence-electron chi connectivity index (χ4n) is 6.79. The third-order valence-corrected chi connectivity index (χ3v) is 8.43. The number of ether oxygens (including phenoxy) is 2. The second kappa shape index (κ2) is 12.9. The Balaban J connectivity index is 1.64. The lowest BCUT2D eigenvalue weighted by Gasteiger charge is -2.51. The lowest BCUT2D eigenvalue weighted by atomic mass is 9.54. The van der Waals surface area contributed by atoms with Gasteiger partial charge in [0.15, 0.2) is 11.5 Å². The summed E-state index contributed by atoms with van der Waals surface area (Å²) in [5.41, 5.74) is 0.419. The number of rotatable bonds is 11. The molecule has 34 heavy (non-hydrogen) atoms. The highest BCUT2D eigenvalue weighted by Gasteiger charge is 2.46. The molecule has 0 amide bonds. The summed E-state index contributed by atoms with van der Waals surface area (Å²) in [5, 5.41) is 0. The zero-order valence-corrected chi connectivity index (χ0v) is 21.5. The molecule has 2 aliphatic rings. The Morgan fingerprint density at radius 1 is 0.912 bits per heavy atom. The van der Waals surface area contributed by atoms with Crippen molar-refractivity contribution in [3.63, 3.8) is 0 Å².